The number of hydrogen-bond acceptors (Lipinski definition) is 3. The van der Waals surface area contributed by atoms with Crippen molar-refractivity contribution in [3.05, 3.63) is 21.9 Å². The first-order valence-corrected chi connectivity index (χ1v) is 4.32. The van der Waals surface area contributed by atoms with Crippen molar-refractivity contribution in [1.82, 2.24) is 4.98 Å². The van der Waals surface area contributed by atoms with Crippen molar-refractivity contribution in [2.75, 3.05) is 7.11 Å². The largest absolute Gasteiger partial charge is 0.495 e. The van der Waals surface area contributed by atoms with E-state index in [1.165, 1.54) is 13.2 Å². The maximum absolute atomic E-state index is 12.4. The summed E-state index contributed by atoms with van der Waals surface area (Å²) < 4.78 is 29.8. The zero-order valence-corrected chi connectivity index (χ0v) is 8.68. The summed E-state index contributed by atoms with van der Waals surface area (Å²) in [6, 6.07) is 3.00. The van der Waals surface area contributed by atoms with E-state index in [0.717, 1.165) is 0 Å². The predicted octanol–water partition coefficient (Wildman–Crippen LogP) is 2.66. The zero-order chi connectivity index (χ0) is 10.7. The van der Waals surface area contributed by atoms with Crippen LogP contribution in [0.25, 0.3) is 0 Å². The second kappa shape index (κ2) is 4.33. The first-order chi connectivity index (χ1) is 6.60. The maximum Gasteiger partial charge on any atom is 0.281 e. The van der Waals surface area contributed by atoms with Crippen LogP contribution in [-0.2, 0) is 0 Å². The SMILES string of the molecule is COc1cc(Br)nc(C(F)F)c1C#N. The van der Waals surface area contributed by atoms with Gasteiger partial charge in [0.15, 0.2) is 0 Å². The van der Waals surface area contributed by atoms with E-state index in [2.05, 4.69) is 20.9 Å². The minimum absolute atomic E-state index is 0.0877. The average molecular weight is 263 g/mol. The quantitative estimate of drug-likeness (QED) is 0.770. The molecule has 0 saturated carbocycles. The Morgan fingerprint density at radius 1 is 1.64 bits per heavy atom. The first-order valence-electron chi connectivity index (χ1n) is 3.52. The van der Waals surface area contributed by atoms with Gasteiger partial charge in [-0.15, -0.1) is 0 Å². The molecule has 0 radical (unpaired) electrons. The molecular weight excluding hydrogens is 258 g/mol. The summed E-state index contributed by atoms with van der Waals surface area (Å²) in [5.74, 6) is 0.0877. The zero-order valence-electron chi connectivity index (χ0n) is 7.09. The Morgan fingerprint density at radius 3 is 2.71 bits per heavy atom. The Balaban J connectivity index is 3.41. The molecule has 0 aliphatic heterocycles. The Hall–Kier alpha value is -1.22. The third-order valence-corrected chi connectivity index (χ3v) is 1.92. The summed E-state index contributed by atoms with van der Waals surface area (Å²) in [5.41, 5.74) is -0.801. The fourth-order valence-corrected chi connectivity index (χ4v) is 1.34. The van der Waals surface area contributed by atoms with Crippen LogP contribution in [0.4, 0.5) is 8.78 Å². The van der Waals surface area contributed by atoms with Gasteiger partial charge in [-0.3, -0.25) is 0 Å². The normalized spacial score (nSPS) is 10.0. The van der Waals surface area contributed by atoms with Crippen molar-refractivity contribution in [2.45, 2.75) is 6.43 Å². The van der Waals surface area contributed by atoms with Gasteiger partial charge < -0.3 is 4.74 Å². The molecule has 0 amide bonds. The van der Waals surface area contributed by atoms with E-state index in [-0.39, 0.29) is 15.9 Å². The van der Waals surface area contributed by atoms with Crippen LogP contribution in [0, 0.1) is 11.3 Å². The van der Waals surface area contributed by atoms with Crippen LogP contribution >= 0.6 is 15.9 Å². The molecule has 0 aliphatic rings. The van der Waals surface area contributed by atoms with Gasteiger partial charge in [-0.05, 0) is 15.9 Å². The van der Waals surface area contributed by atoms with Gasteiger partial charge in [0.2, 0.25) is 0 Å². The summed E-state index contributed by atoms with van der Waals surface area (Å²) in [7, 11) is 1.30. The molecule has 3 nitrogen and oxygen atoms in total. The second-order valence-electron chi connectivity index (χ2n) is 2.32. The molecule has 6 heteroatoms. The van der Waals surface area contributed by atoms with Crippen molar-refractivity contribution in [3.8, 4) is 11.8 Å². The molecule has 1 aromatic heterocycles. The van der Waals surface area contributed by atoms with Gasteiger partial charge in [-0.25, -0.2) is 13.8 Å². The number of nitrogens with zero attached hydrogens (tertiary/aromatic N) is 2. The van der Waals surface area contributed by atoms with Crippen LogP contribution in [0.5, 0.6) is 5.75 Å². The van der Waals surface area contributed by atoms with Crippen LogP contribution in [-0.4, -0.2) is 12.1 Å². The summed E-state index contributed by atoms with van der Waals surface area (Å²) in [6.07, 6.45) is -2.80. The van der Waals surface area contributed by atoms with Gasteiger partial charge in [0, 0.05) is 6.07 Å². The van der Waals surface area contributed by atoms with Crippen LogP contribution in [0.15, 0.2) is 10.7 Å². The van der Waals surface area contributed by atoms with Crippen LogP contribution in [0.3, 0.4) is 0 Å². The molecule has 1 heterocycles. The Morgan fingerprint density at radius 2 is 2.29 bits per heavy atom. The molecule has 1 aromatic rings. The molecule has 0 atom stereocenters. The van der Waals surface area contributed by atoms with Gasteiger partial charge in [-0.2, -0.15) is 5.26 Å². The lowest BCUT2D eigenvalue weighted by molar-refractivity contribution is 0.145. The highest BCUT2D eigenvalue weighted by molar-refractivity contribution is 9.10. The molecule has 0 aromatic carbocycles. The third kappa shape index (κ3) is 1.99. The Bertz CT molecular complexity index is 390. The number of ether oxygens (including phenoxy) is 1. The molecule has 0 spiro atoms. The lowest BCUT2D eigenvalue weighted by Crippen LogP contribution is -1.99. The number of methoxy groups -OCH3 is 1. The van der Waals surface area contributed by atoms with E-state index in [1.807, 2.05) is 0 Å². The number of alkyl halides is 2. The molecule has 0 aliphatic carbocycles. The molecular formula is C8H5BrF2N2O. The number of nitriles is 1. The van der Waals surface area contributed by atoms with Crippen LogP contribution < -0.4 is 4.74 Å². The number of aromatic nitrogens is 1. The highest BCUT2D eigenvalue weighted by atomic mass is 79.9. The monoisotopic (exact) mass is 262 g/mol. The summed E-state index contributed by atoms with van der Waals surface area (Å²) in [4.78, 5) is 3.52. The van der Waals surface area contributed by atoms with Gasteiger partial charge in [0.1, 0.15) is 27.7 Å². The molecule has 14 heavy (non-hydrogen) atoms. The molecule has 0 N–H and O–H groups in total. The van der Waals surface area contributed by atoms with E-state index < -0.39 is 12.1 Å². The molecule has 74 valence electrons. The third-order valence-electron chi connectivity index (χ3n) is 1.52. The van der Waals surface area contributed by atoms with Gasteiger partial charge in [-0.1, -0.05) is 0 Å². The second-order valence-corrected chi connectivity index (χ2v) is 3.13. The van der Waals surface area contributed by atoms with E-state index in [9.17, 15) is 8.78 Å². The number of hydrogen-bond donors (Lipinski definition) is 0. The summed E-state index contributed by atoms with van der Waals surface area (Å²) >= 11 is 2.95. The standard InChI is InChI=1S/C8H5BrF2N2O/c1-14-5-2-6(9)13-7(8(10)11)4(5)3-12/h2,8H,1H3. The molecule has 0 unspecified atom stereocenters. The maximum atomic E-state index is 12.4. The van der Waals surface area contributed by atoms with Gasteiger partial charge >= 0.3 is 0 Å². The molecule has 0 saturated heterocycles. The van der Waals surface area contributed by atoms with Crippen molar-refractivity contribution in [1.29, 1.82) is 5.26 Å². The molecule has 0 fully saturated rings. The fourth-order valence-electron chi connectivity index (χ4n) is 0.941. The van der Waals surface area contributed by atoms with E-state index in [4.69, 9.17) is 10.00 Å². The lowest BCUT2D eigenvalue weighted by atomic mass is 10.2. The van der Waals surface area contributed by atoms with Gasteiger partial charge in [0.25, 0.3) is 6.43 Å². The van der Waals surface area contributed by atoms with Gasteiger partial charge in [0.05, 0.1) is 7.11 Å². The fraction of sp³-hybridized carbons (Fsp3) is 0.250. The molecule has 0 bridgehead atoms. The van der Waals surface area contributed by atoms with Crippen molar-refractivity contribution in [3.63, 3.8) is 0 Å². The number of pyridine rings is 1. The highest BCUT2D eigenvalue weighted by Crippen LogP contribution is 2.29. The topological polar surface area (TPSA) is 45.9 Å². The number of rotatable bonds is 2. The van der Waals surface area contributed by atoms with E-state index in [0.29, 0.717) is 0 Å². The summed E-state index contributed by atoms with van der Waals surface area (Å²) in [5, 5.41) is 8.65. The highest BCUT2D eigenvalue weighted by Gasteiger charge is 2.19. The van der Waals surface area contributed by atoms with Crippen molar-refractivity contribution in [2.24, 2.45) is 0 Å². The Kier molecular flexibility index (Phi) is 3.36. The van der Waals surface area contributed by atoms with Crippen LogP contribution in [0.1, 0.15) is 17.7 Å². The lowest BCUT2D eigenvalue weighted by Gasteiger charge is -2.07. The number of halogens is 3. The minimum atomic E-state index is -2.80. The summed E-state index contributed by atoms with van der Waals surface area (Å²) in [6.45, 7) is 0. The minimum Gasteiger partial charge on any atom is -0.495 e. The van der Waals surface area contributed by atoms with Crippen molar-refractivity contribution < 1.29 is 13.5 Å². The average Bonchev–Trinajstić information content (AvgIpc) is 2.16. The molecule has 1 rings (SSSR count). The predicted molar refractivity (Wildman–Crippen MR) is 48.2 cm³/mol. The first kappa shape index (κ1) is 10.9. The smallest absolute Gasteiger partial charge is 0.281 e. The Labute approximate surface area is 87.5 Å². The van der Waals surface area contributed by atoms with Crippen molar-refractivity contribution >= 4 is 15.9 Å². The van der Waals surface area contributed by atoms with E-state index >= 15 is 0 Å². The van der Waals surface area contributed by atoms with Crippen LogP contribution in [0.2, 0.25) is 0 Å². The van der Waals surface area contributed by atoms with E-state index in [1.54, 1.807) is 6.07 Å².